The van der Waals surface area contributed by atoms with Gasteiger partial charge in [-0.25, -0.2) is 18.4 Å². The minimum Gasteiger partial charge on any atom is -0.494 e. The molecule has 0 aliphatic heterocycles. The summed E-state index contributed by atoms with van der Waals surface area (Å²) < 4.78 is 52.5. The second-order valence-electron chi connectivity index (χ2n) is 8.08. The Kier molecular flexibility index (Phi) is 7.49. The number of anilines is 1. The van der Waals surface area contributed by atoms with Crippen molar-refractivity contribution < 1.29 is 27.4 Å². The molecule has 1 saturated carbocycles. The maximum absolute atomic E-state index is 13.5. The summed E-state index contributed by atoms with van der Waals surface area (Å²) in [5.41, 5.74) is 0.293. The van der Waals surface area contributed by atoms with Gasteiger partial charge in [-0.2, -0.15) is 9.97 Å². The van der Waals surface area contributed by atoms with Gasteiger partial charge in [0.05, 0.1) is 33.7 Å². The fraction of sp³-hybridized carbons (Fsp3) is 0.524. The second kappa shape index (κ2) is 10.6. The number of rotatable bonds is 11. The Hall–Kier alpha value is -3.59. The molecule has 194 valence electrons. The summed E-state index contributed by atoms with van der Waals surface area (Å²) in [7, 11) is 1.68. The quantitative estimate of drug-likeness (QED) is 0.389. The van der Waals surface area contributed by atoms with Gasteiger partial charge in [0.25, 0.3) is 0 Å². The van der Waals surface area contributed by atoms with E-state index in [2.05, 4.69) is 34.9 Å². The Morgan fingerprint density at radius 3 is 2.11 bits per heavy atom. The lowest BCUT2D eigenvalue weighted by atomic mass is 9.85. The number of aromatic nitrogens is 7. The normalized spacial score (nSPS) is 15.6. The van der Waals surface area contributed by atoms with Crippen LogP contribution < -0.4 is 18.9 Å². The van der Waals surface area contributed by atoms with Crippen LogP contribution in [0.1, 0.15) is 49.9 Å². The topological polar surface area (TPSA) is 165 Å². The van der Waals surface area contributed by atoms with Crippen molar-refractivity contribution >= 4 is 16.0 Å². The molecule has 3 aromatic heterocycles. The van der Waals surface area contributed by atoms with E-state index in [4.69, 9.17) is 18.9 Å². The summed E-state index contributed by atoms with van der Waals surface area (Å²) >= 11 is 0. The Morgan fingerprint density at radius 2 is 1.61 bits per heavy atom. The number of ether oxygens (including phenoxy) is 4. The molecular weight excluding hydrogens is 492 g/mol. The lowest BCUT2D eigenvalue weighted by Crippen LogP contribution is -2.33. The van der Waals surface area contributed by atoms with E-state index in [0.717, 1.165) is 19.3 Å². The first-order valence-corrected chi connectivity index (χ1v) is 12.7. The lowest BCUT2D eigenvalue weighted by Gasteiger charge is -2.26. The molecule has 36 heavy (non-hydrogen) atoms. The third-order valence-corrected chi connectivity index (χ3v) is 7.76. The van der Waals surface area contributed by atoms with Gasteiger partial charge in [-0.1, -0.05) is 6.42 Å². The van der Waals surface area contributed by atoms with Crippen molar-refractivity contribution in [3.63, 3.8) is 0 Å². The third-order valence-electron chi connectivity index (χ3n) is 6.07. The highest BCUT2D eigenvalue weighted by molar-refractivity contribution is 7.93. The van der Waals surface area contributed by atoms with Crippen LogP contribution in [0.4, 0.5) is 5.95 Å². The maximum atomic E-state index is 13.5. The summed E-state index contributed by atoms with van der Waals surface area (Å²) in [6, 6.07) is 0. The van der Waals surface area contributed by atoms with Crippen LogP contribution in [0, 0.1) is 0 Å². The molecule has 0 spiro atoms. The molecule has 1 N–H and O–H groups in total. The second-order valence-corrected chi connectivity index (χ2v) is 10.1. The molecule has 0 saturated heterocycles. The average Bonchev–Trinajstić information content (AvgIpc) is 3.24. The molecule has 15 heteroatoms. The summed E-state index contributed by atoms with van der Waals surface area (Å²) in [5, 5.41) is 7.36. The van der Waals surface area contributed by atoms with Gasteiger partial charge in [0.1, 0.15) is 23.5 Å². The van der Waals surface area contributed by atoms with Crippen molar-refractivity contribution in [2.45, 2.75) is 43.5 Å². The maximum Gasteiger partial charge on any atom is 0.245 e. The number of hydrogen-bond acceptors (Lipinski definition) is 12. The Balaban J connectivity index is 1.74. The van der Waals surface area contributed by atoms with Crippen molar-refractivity contribution in [3.05, 3.63) is 30.4 Å². The van der Waals surface area contributed by atoms with E-state index in [1.807, 2.05) is 0 Å². The summed E-state index contributed by atoms with van der Waals surface area (Å²) in [6.07, 6.45) is 6.01. The van der Waals surface area contributed by atoms with Crippen molar-refractivity contribution in [2.24, 2.45) is 0 Å². The highest BCUT2D eigenvalue weighted by Crippen LogP contribution is 2.40. The first kappa shape index (κ1) is 25.5. The van der Waals surface area contributed by atoms with Crippen LogP contribution in [0.25, 0.3) is 5.69 Å². The smallest absolute Gasteiger partial charge is 0.245 e. The largest absolute Gasteiger partial charge is 0.494 e. The number of nitrogens with one attached hydrogen (secondary N) is 1. The molecule has 3 heterocycles. The first-order valence-electron chi connectivity index (χ1n) is 11.1. The average molecular weight is 521 g/mol. The zero-order chi connectivity index (χ0) is 25.9. The van der Waals surface area contributed by atoms with Crippen LogP contribution in [0.2, 0.25) is 0 Å². The van der Waals surface area contributed by atoms with Gasteiger partial charge >= 0.3 is 0 Å². The number of sulfonamides is 1. The molecule has 0 unspecified atom stereocenters. The van der Waals surface area contributed by atoms with E-state index in [1.165, 1.54) is 58.7 Å². The van der Waals surface area contributed by atoms with Crippen molar-refractivity contribution in [1.82, 2.24) is 34.7 Å². The van der Waals surface area contributed by atoms with Crippen LogP contribution in [0.5, 0.6) is 17.5 Å². The molecule has 0 bridgehead atoms. The molecule has 1 aliphatic carbocycles. The highest BCUT2D eigenvalue weighted by atomic mass is 32.2. The van der Waals surface area contributed by atoms with Crippen LogP contribution in [-0.4, -0.2) is 76.8 Å². The summed E-state index contributed by atoms with van der Waals surface area (Å²) in [5.74, 6) is 1.57. The van der Waals surface area contributed by atoms with Crippen LogP contribution in [0.15, 0.2) is 18.7 Å². The van der Waals surface area contributed by atoms with Crippen molar-refractivity contribution in [1.29, 1.82) is 0 Å². The fourth-order valence-electron chi connectivity index (χ4n) is 3.82. The summed E-state index contributed by atoms with van der Waals surface area (Å²) in [4.78, 5) is 16.7. The van der Waals surface area contributed by atoms with E-state index in [1.54, 1.807) is 0 Å². The van der Waals surface area contributed by atoms with E-state index in [-0.39, 0.29) is 29.5 Å². The number of hydrogen-bond donors (Lipinski definition) is 1. The molecule has 3 aromatic rings. The number of nitrogens with zero attached hydrogens (tertiary/aromatic N) is 7. The van der Waals surface area contributed by atoms with Gasteiger partial charge in [0, 0.05) is 13.0 Å². The van der Waals surface area contributed by atoms with Crippen LogP contribution in [0.3, 0.4) is 0 Å². The van der Waals surface area contributed by atoms with Gasteiger partial charge in [0.15, 0.2) is 17.3 Å². The number of methoxy groups -OCH3 is 4. The van der Waals surface area contributed by atoms with Gasteiger partial charge < -0.3 is 18.9 Å². The predicted octanol–water partition coefficient (Wildman–Crippen LogP) is 1.66. The minimum absolute atomic E-state index is 0.0550. The minimum atomic E-state index is -4.09. The molecule has 14 nitrogen and oxygen atoms in total. The molecule has 0 radical (unpaired) electrons. The van der Waals surface area contributed by atoms with E-state index >= 15 is 0 Å². The zero-order valence-corrected chi connectivity index (χ0v) is 21.4. The van der Waals surface area contributed by atoms with E-state index < -0.39 is 21.4 Å². The Bertz CT molecular complexity index is 1270. The monoisotopic (exact) mass is 520 g/mol. The zero-order valence-electron chi connectivity index (χ0n) is 20.6. The first-order chi connectivity index (χ1) is 17.3. The van der Waals surface area contributed by atoms with Crippen molar-refractivity contribution in [3.8, 4) is 23.2 Å². The molecular formula is C21H28N8O6S. The van der Waals surface area contributed by atoms with Crippen LogP contribution >= 0.6 is 0 Å². The van der Waals surface area contributed by atoms with E-state index in [0.29, 0.717) is 17.3 Å². The van der Waals surface area contributed by atoms with Crippen molar-refractivity contribution in [2.75, 3.05) is 33.2 Å². The molecule has 4 rings (SSSR count). The summed E-state index contributed by atoms with van der Waals surface area (Å²) in [6.45, 7) is 1.49. The Morgan fingerprint density at radius 1 is 0.972 bits per heavy atom. The van der Waals surface area contributed by atoms with Crippen LogP contribution in [-0.2, 0) is 14.8 Å². The molecule has 2 atom stereocenters. The van der Waals surface area contributed by atoms with Gasteiger partial charge in [-0.15, -0.1) is 10.2 Å². The molecule has 1 fully saturated rings. The molecule has 0 amide bonds. The lowest BCUT2D eigenvalue weighted by molar-refractivity contribution is 0.0948. The van der Waals surface area contributed by atoms with Gasteiger partial charge in [-0.3, -0.25) is 9.29 Å². The van der Waals surface area contributed by atoms with Gasteiger partial charge in [0.2, 0.25) is 27.7 Å². The standard InChI is InChI=1S/C21H28N8O6S/c1-12(16(33-3)17-22-9-14(32-2)10-23-17)36(30,31)28-21-27-26-18(13-7-6-8-13)29(21)15-19(34-4)24-11-25-20(15)35-5/h9-13,16H,6-8H2,1-5H3,(H,27,28)/t12-,16-/m0/s1. The fourth-order valence-corrected chi connectivity index (χ4v) is 4.95. The SMILES string of the molecule is COc1cnc([C@@H](OC)[C@H](C)S(=O)(=O)Nc2nnc(C3CCC3)n2-c2c(OC)ncnc2OC)nc1. The van der Waals surface area contributed by atoms with E-state index in [9.17, 15) is 8.42 Å². The molecule has 1 aliphatic rings. The Labute approximate surface area is 208 Å². The van der Waals surface area contributed by atoms with Gasteiger partial charge in [-0.05, 0) is 19.8 Å². The highest BCUT2D eigenvalue weighted by Gasteiger charge is 2.36. The predicted molar refractivity (Wildman–Crippen MR) is 127 cm³/mol. The molecule has 0 aromatic carbocycles. The third kappa shape index (κ3) is 4.75.